The van der Waals surface area contributed by atoms with Gasteiger partial charge in [0.05, 0.1) is 0 Å². The molecule has 0 amide bonds. The molecule has 22 heavy (non-hydrogen) atoms. The van der Waals surface area contributed by atoms with Gasteiger partial charge in [0.2, 0.25) is 0 Å². The Kier molecular flexibility index (Phi) is 6.37. The first-order chi connectivity index (χ1) is 10.6. The molecular formula is C16H27N3O2S. The zero-order valence-corrected chi connectivity index (χ0v) is 14.1. The molecule has 1 saturated carbocycles. The largest absolute Gasteiger partial charge is 0.330 e. The van der Waals surface area contributed by atoms with Crippen molar-refractivity contribution in [3.05, 3.63) is 35.9 Å². The molecule has 1 aromatic rings. The summed E-state index contributed by atoms with van der Waals surface area (Å²) in [7, 11) is -3.49. The van der Waals surface area contributed by atoms with Crippen LogP contribution in [0.3, 0.4) is 0 Å². The summed E-state index contributed by atoms with van der Waals surface area (Å²) in [6.45, 7) is 3.25. The summed E-state index contributed by atoms with van der Waals surface area (Å²) in [5, 5.41) is 0. The van der Waals surface area contributed by atoms with Crippen LogP contribution in [0.4, 0.5) is 0 Å². The van der Waals surface area contributed by atoms with Gasteiger partial charge < -0.3 is 5.73 Å². The van der Waals surface area contributed by atoms with Gasteiger partial charge in [-0.25, -0.2) is 0 Å². The fraction of sp³-hybridized carbons (Fsp3) is 0.625. The zero-order valence-electron chi connectivity index (χ0n) is 13.2. The molecule has 1 aromatic carbocycles. The molecule has 5 nitrogen and oxygen atoms in total. The smallest absolute Gasteiger partial charge is 0.280 e. The molecule has 1 aliphatic carbocycles. The van der Waals surface area contributed by atoms with Crippen molar-refractivity contribution in [2.45, 2.75) is 45.2 Å². The van der Waals surface area contributed by atoms with E-state index in [9.17, 15) is 8.42 Å². The molecular weight excluding hydrogens is 298 g/mol. The molecule has 0 aliphatic heterocycles. The number of nitrogens with two attached hydrogens (primary N) is 1. The topological polar surface area (TPSA) is 75.4 Å². The third-order valence-electron chi connectivity index (χ3n) is 4.41. The van der Waals surface area contributed by atoms with Gasteiger partial charge in [-0.1, -0.05) is 50.1 Å². The lowest BCUT2D eigenvalue weighted by molar-refractivity contribution is 0.288. The number of hydrogen-bond donors (Lipinski definition) is 2. The van der Waals surface area contributed by atoms with Crippen LogP contribution in [0.5, 0.6) is 0 Å². The average Bonchev–Trinajstić information content (AvgIpc) is 2.53. The van der Waals surface area contributed by atoms with Crippen molar-refractivity contribution in [1.29, 1.82) is 0 Å². The second kappa shape index (κ2) is 8.06. The van der Waals surface area contributed by atoms with Gasteiger partial charge in [0, 0.05) is 19.1 Å². The SMILES string of the molecule is CCN(Cc1ccccc1)S(=O)(=O)NC1CCCCC1CN. The van der Waals surface area contributed by atoms with Crippen LogP contribution in [0.15, 0.2) is 30.3 Å². The van der Waals surface area contributed by atoms with Crippen molar-refractivity contribution in [3.8, 4) is 0 Å². The van der Waals surface area contributed by atoms with Gasteiger partial charge in [0.25, 0.3) is 10.2 Å². The maximum absolute atomic E-state index is 12.7. The molecule has 2 rings (SSSR count). The highest BCUT2D eigenvalue weighted by Gasteiger charge is 2.30. The third-order valence-corrected chi connectivity index (χ3v) is 6.07. The third kappa shape index (κ3) is 4.52. The minimum Gasteiger partial charge on any atom is -0.330 e. The van der Waals surface area contributed by atoms with E-state index in [0.29, 0.717) is 19.6 Å². The first-order valence-electron chi connectivity index (χ1n) is 8.08. The van der Waals surface area contributed by atoms with Gasteiger partial charge in [0.1, 0.15) is 0 Å². The molecule has 0 saturated heterocycles. The summed E-state index contributed by atoms with van der Waals surface area (Å²) in [6, 6.07) is 9.64. The minimum absolute atomic E-state index is 0.0337. The predicted molar refractivity (Wildman–Crippen MR) is 89.4 cm³/mol. The Bertz CT molecular complexity index is 548. The van der Waals surface area contributed by atoms with E-state index in [0.717, 1.165) is 31.2 Å². The molecule has 1 aliphatic rings. The zero-order chi connectivity index (χ0) is 16.0. The first-order valence-corrected chi connectivity index (χ1v) is 9.52. The Hall–Kier alpha value is -0.950. The summed E-state index contributed by atoms with van der Waals surface area (Å²) in [4.78, 5) is 0. The molecule has 3 N–H and O–H groups in total. The number of hydrogen-bond acceptors (Lipinski definition) is 3. The maximum atomic E-state index is 12.7. The summed E-state index contributed by atoms with van der Waals surface area (Å²) in [5.41, 5.74) is 6.79. The lowest BCUT2D eigenvalue weighted by atomic mass is 9.85. The number of nitrogens with zero attached hydrogens (tertiary/aromatic N) is 1. The van der Waals surface area contributed by atoms with Gasteiger partial charge in [0.15, 0.2) is 0 Å². The fourth-order valence-corrected chi connectivity index (χ4v) is 4.57. The van der Waals surface area contributed by atoms with Crippen molar-refractivity contribution in [2.24, 2.45) is 11.7 Å². The lowest BCUT2D eigenvalue weighted by Crippen LogP contribution is -2.50. The maximum Gasteiger partial charge on any atom is 0.280 e. The van der Waals surface area contributed by atoms with E-state index in [1.165, 1.54) is 4.31 Å². The van der Waals surface area contributed by atoms with Crippen molar-refractivity contribution in [2.75, 3.05) is 13.1 Å². The highest BCUT2D eigenvalue weighted by Crippen LogP contribution is 2.24. The van der Waals surface area contributed by atoms with E-state index >= 15 is 0 Å². The Morgan fingerprint density at radius 2 is 1.91 bits per heavy atom. The van der Waals surface area contributed by atoms with Crippen LogP contribution in [-0.4, -0.2) is 31.9 Å². The molecule has 0 radical (unpaired) electrons. The minimum atomic E-state index is -3.49. The molecule has 0 aromatic heterocycles. The quantitative estimate of drug-likeness (QED) is 0.803. The second-order valence-corrected chi connectivity index (χ2v) is 7.62. The van der Waals surface area contributed by atoms with Crippen LogP contribution in [0.2, 0.25) is 0 Å². The van der Waals surface area contributed by atoms with E-state index in [1.54, 1.807) is 0 Å². The summed E-state index contributed by atoms with van der Waals surface area (Å²) < 4.78 is 29.7. The molecule has 2 atom stereocenters. The Balaban J connectivity index is 2.06. The Morgan fingerprint density at radius 1 is 1.23 bits per heavy atom. The van der Waals surface area contributed by atoms with Crippen LogP contribution in [0, 0.1) is 5.92 Å². The Morgan fingerprint density at radius 3 is 2.55 bits per heavy atom. The van der Waals surface area contributed by atoms with Crippen LogP contribution in [0.1, 0.15) is 38.2 Å². The highest BCUT2D eigenvalue weighted by molar-refractivity contribution is 7.87. The van der Waals surface area contributed by atoms with Gasteiger partial charge in [-0.05, 0) is 30.9 Å². The van der Waals surface area contributed by atoms with E-state index < -0.39 is 10.2 Å². The monoisotopic (exact) mass is 325 g/mol. The van der Waals surface area contributed by atoms with Gasteiger partial charge in [-0.15, -0.1) is 0 Å². The van der Waals surface area contributed by atoms with Crippen molar-refractivity contribution in [1.82, 2.24) is 9.03 Å². The number of rotatable bonds is 7. The van der Waals surface area contributed by atoms with Crippen molar-refractivity contribution < 1.29 is 8.42 Å². The Labute approximate surface area is 134 Å². The normalized spacial score (nSPS) is 22.9. The molecule has 2 unspecified atom stereocenters. The van der Waals surface area contributed by atoms with Gasteiger partial charge in [-0.3, -0.25) is 0 Å². The van der Waals surface area contributed by atoms with Gasteiger partial charge in [-0.2, -0.15) is 17.4 Å². The van der Waals surface area contributed by atoms with Crippen LogP contribution < -0.4 is 10.5 Å². The molecule has 1 fully saturated rings. The van der Waals surface area contributed by atoms with Crippen LogP contribution in [-0.2, 0) is 16.8 Å². The summed E-state index contributed by atoms with van der Waals surface area (Å²) in [6.07, 6.45) is 4.09. The van der Waals surface area contributed by atoms with E-state index in [4.69, 9.17) is 5.73 Å². The second-order valence-electron chi connectivity index (χ2n) is 5.92. The summed E-state index contributed by atoms with van der Waals surface area (Å²) >= 11 is 0. The average molecular weight is 325 g/mol. The molecule has 6 heteroatoms. The number of nitrogens with one attached hydrogen (secondary N) is 1. The number of benzene rings is 1. The summed E-state index contributed by atoms with van der Waals surface area (Å²) in [5.74, 6) is 0.249. The molecule has 124 valence electrons. The van der Waals surface area contributed by atoms with Crippen molar-refractivity contribution in [3.63, 3.8) is 0 Å². The van der Waals surface area contributed by atoms with Gasteiger partial charge >= 0.3 is 0 Å². The van der Waals surface area contributed by atoms with E-state index in [2.05, 4.69) is 4.72 Å². The standard InChI is InChI=1S/C16H27N3O2S/c1-2-19(13-14-8-4-3-5-9-14)22(20,21)18-16-11-7-6-10-15(16)12-17/h3-5,8-9,15-16,18H,2,6-7,10-13,17H2,1H3. The van der Waals surface area contributed by atoms with E-state index in [1.807, 2.05) is 37.3 Å². The lowest BCUT2D eigenvalue weighted by Gasteiger charge is -2.33. The highest BCUT2D eigenvalue weighted by atomic mass is 32.2. The van der Waals surface area contributed by atoms with E-state index in [-0.39, 0.29) is 12.0 Å². The van der Waals surface area contributed by atoms with Crippen LogP contribution >= 0.6 is 0 Å². The molecule has 0 spiro atoms. The molecule has 0 bridgehead atoms. The van der Waals surface area contributed by atoms with Crippen molar-refractivity contribution >= 4 is 10.2 Å². The van der Waals surface area contributed by atoms with Crippen LogP contribution in [0.25, 0.3) is 0 Å². The fourth-order valence-electron chi connectivity index (χ4n) is 3.06. The molecule has 0 heterocycles. The first kappa shape index (κ1) is 17.4. The predicted octanol–water partition coefficient (Wildman–Crippen LogP) is 1.86.